The molecule has 9 atom stereocenters. The molecule has 206 valence electrons. The number of carbonyl (C=O) groups excluding carboxylic acids is 3. The van der Waals surface area contributed by atoms with Crippen LogP contribution in [0.1, 0.15) is 18.9 Å². The van der Waals surface area contributed by atoms with Gasteiger partial charge >= 0.3 is 11.9 Å². The Morgan fingerprint density at radius 2 is 1.84 bits per heavy atom. The van der Waals surface area contributed by atoms with Crippen LogP contribution in [0, 0.1) is 17.8 Å². The number of esters is 2. The molecule has 4 rings (SSSR count). The number of Topliss-reactive ketones (excluding diaryl/α,β-unsaturated/α-hetero) is 1. The third-order valence-corrected chi connectivity index (χ3v) is 6.96. The van der Waals surface area contributed by atoms with E-state index in [1.54, 1.807) is 19.1 Å². The fourth-order valence-electron chi connectivity index (χ4n) is 5.00. The summed E-state index contributed by atoms with van der Waals surface area (Å²) in [6.45, 7) is 1.13. The van der Waals surface area contributed by atoms with Gasteiger partial charge in [0.25, 0.3) is 0 Å². The fraction of sp³-hybridized carbons (Fsp3) is 0.500. The van der Waals surface area contributed by atoms with E-state index in [9.17, 15) is 34.8 Å². The molecule has 0 spiro atoms. The lowest BCUT2D eigenvalue weighted by Crippen LogP contribution is -2.61. The molecule has 12 nitrogen and oxygen atoms in total. The highest BCUT2D eigenvalue weighted by molar-refractivity contribution is 5.99. The fourth-order valence-corrected chi connectivity index (χ4v) is 5.00. The molecule has 2 aliphatic heterocycles. The van der Waals surface area contributed by atoms with Gasteiger partial charge in [-0.15, -0.1) is 0 Å². The first kappa shape index (κ1) is 27.7. The zero-order valence-corrected chi connectivity index (χ0v) is 20.7. The third kappa shape index (κ3) is 5.59. The molecule has 0 amide bonds. The number of phenols is 1. The maximum absolute atomic E-state index is 12.7. The number of ketones is 1. The minimum absolute atomic E-state index is 0.0543. The van der Waals surface area contributed by atoms with Crippen LogP contribution in [0.4, 0.5) is 0 Å². The Morgan fingerprint density at radius 3 is 2.50 bits per heavy atom. The van der Waals surface area contributed by atoms with Crippen molar-refractivity contribution in [2.45, 2.75) is 50.3 Å². The highest BCUT2D eigenvalue weighted by Crippen LogP contribution is 2.45. The first-order chi connectivity index (χ1) is 18.1. The molecule has 1 aromatic carbocycles. The number of rotatable bonds is 7. The lowest BCUT2D eigenvalue weighted by Gasteiger charge is -2.43. The molecule has 1 saturated carbocycles. The number of benzene rings is 1. The summed E-state index contributed by atoms with van der Waals surface area (Å²) in [4.78, 5) is 37.5. The number of fused-ring (bicyclic) bond motifs is 1. The molecule has 3 aliphatic rings. The van der Waals surface area contributed by atoms with Crippen LogP contribution in [-0.4, -0.2) is 88.9 Å². The maximum atomic E-state index is 12.7. The summed E-state index contributed by atoms with van der Waals surface area (Å²) in [7, 11) is 1.19. The predicted molar refractivity (Wildman–Crippen MR) is 127 cm³/mol. The Balaban J connectivity index is 1.55. The van der Waals surface area contributed by atoms with Gasteiger partial charge in [-0.1, -0.05) is 19.1 Å². The Kier molecular flexibility index (Phi) is 8.48. The minimum atomic E-state index is -1.69. The molecule has 38 heavy (non-hydrogen) atoms. The number of aromatic hydroxyl groups is 1. The molecule has 0 aromatic heterocycles. The SMILES string of the molecule is COC(=O)C1=CO[C@@H](O[C@@H]2O[C@H](CO)[C@@H](O)[C@H](O)[C@H]2OC(=O)/C=C\c2ccc(O)cc2)[C@H]2[C@@H]1C(=O)C[C@@H]2C. The first-order valence-electron chi connectivity index (χ1n) is 12.1. The van der Waals surface area contributed by atoms with Crippen LogP contribution in [0.25, 0.3) is 6.08 Å². The quantitative estimate of drug-likeness (QED) is 0.273. The zero-order valence-electron chi connectivity index (χ0n) is 20.7. The Labute approximate surface area is 218 Å². The summed E-state index contributed by atoms with van der Waals surface area (Å²) in [5, 5.41) is 40.1. The van der Waals surface area contributed by atoms with Crippen molar-refractivity contribution in [3.63, 3.8) is 0 Å². The first-order valence-corrected chi connectivity index (χ1v) is 12.1. The highest BCUT2D eigenvalue weighted by Gasteiger charge is 2.54. The number of ether oxygens (including phenoxy) is 5. The number of aliphatic hydroxyl groups is 3. The van der Waals surface area contributed by atoms with Gasteiger partial charge in [0.1, 0.15) is 29.8 Å². The van der Waals surface area contributed by atoms with Crippen molar-refractivity contribution in [1.29, 1.82) is 0 Å². The molecule has 2 fully saturated rings. The Morgan fingerprint density at radius 1 is 1.13 bits per heavy atom. The van der Waals surface area contributed by atoms with E-state index in [0.717, 1.165) is 12.3 Å². The molecule has 2 heterocycles. The van der Waals surface area contributed by atoms with E-state index in [1.807, 2.05) is 0 Å². The van der Waals surface area contributed by atoms with E-state index in [0.29, 0.717) is 5.56 Å². The van der Waals surface area contributed by atoms with Gasteiger partial charge in [-0.2, -0.15) is 0 Å². The van der Waals surface area contributed by atoms with Gasteiger partial charge in [0.05, 0.1) is 31.5 Å². The summed E-state index contributed by atoms with van der Waals surface area (Å²) < 4.78 is 27.4. The molecule has 0 bridgehead atoms. The summed E-state index contributed by atoms with van der Waals surface area (Å²) in [5.74, 6) is -3.46. The van der Waals surface area contributed by atoms with E-state index in [4.69, 9.17) is 23.7 Å². The van der Waals surface area contributed by atoms with Crippen molar-refractivity contribution in [3.8, 4) is 5.75 Å². The van der Waals surface area contributed by atoms with Crippen LogP contribution in [0.5, 0.6) is 5.75 Å². The lowest BCUT2D eigenvalue weighted by molar-refractivity contribution is -0.342. The summed E-state index contributed by atoms with van der Waals surface area (Å²) in [6.07, 6.45) is -4.99. The van der Waals surface area contributed by atoms with Gasteiger partial charge in [-0.05, 0) is 29.7 Å². The van der Waals surface area contributed by atoms with Crippen LogP contribution < -0.4 is 0 Å². The summed E-state index contributed by atoms with van der Waals surface area (Å²) in [5.41, 5.74) is 0.644. The second-order valence-corrected chi connectivity index (χ2v) is 9.44. The highest BCUT2D eigenvalue weighted by atomic mass is 16.8. The van der Waals surface area contributed by atoms with E-state index < -0.39 is 67.4 Å². The molecule has 4 N–H and O–H groups in total. The largest absolute Gasteiger partial charge is 0.508 e. The summed E-state index contributed by atoms with van der Waals surface area (Å²) in [6, 6.07) is 6.00. The van der Waals surface area contributed by atoms with E-state index in [-0.39, 0.29) is 29.4 Å². The molecule has 1 saturated heterocycles. The molecule has 0 unspecified atom stereocenters. The van der Waals surface area contributed by atoms with Gasteiger partial charge in [-0.3, -0.25) is 4.79 Å². The van der Waals surface area contributed by atoms with Gasteiger partial charge in [0, 0.05) is 18.4 Å². The van der Waals surface area contributed by atoms with E-state index in [2.05, 4.69) is 0 Å². The van der Waals surface area contributed by atoms with Gasteiger partial charge in [0.15, 0.2) is 6.10 Å². The van der Waals surface area contributed by atoms with Crippen molar-refractivity contribution >= 4 is 23.8 Å². The average Bonchev–Trinajstić information content (AvgIpc) is 3.21. The smallest absolute Gasteiger partial charge is 0.337 e. The van der Waals surface area contributed by atoms with Crippen molar-refractivity contribution in [3.05, 3.63) is 47.7 Å². The van der Waals surface area contributed by atoms with Crippen molar-refractivity contribution in [2.24, 2.45) is 17.8 Å². The van der Waals surface area contributed by atoms with Crippen LogP contribution in [0.2, 0.25) is 0 Å². The van der Waals surface area contributed by atoms with Crippen LogP contribution >= 0.6 is 0 Å². The van der Waals surface area contributed by atoms with Crippen molar-refractivity contribution < 1.29 is 58.5 Å². The number of phenolic OH excluding ortho intramolecular Hbond substituents is 1. The average molecular weight is 535 g/mol. The lowest BCUT2D eigenvalue weighted by atomic mass is 9.83. The molecule has 1 aromatic rings. The van der Waals surface area contributed by atoms with Crippen LogP contribution in [0.3, 0.4) is 0 Å². The number of hydrogen-bond donors (Lipinski definition) is 4. The molecule has 12 heteroatoms. The van der Waals surface area contributed by atoms with Crippen LogP contribution in [0.15, 0.2) is 42.2 Å². The van der Waals surface area contributed by atoms with E-state index in [1.165, 1.54) is 25.3 Å². The summed E-state index contributed by atoms with van der Waals surface area (Å²) >= 11 is 0. The zero-order chi connectivity index (χ0) is 27.6. The standard InChI is InChI=1S/C26H30O12/c1-12-9-16(29)20-15(24(33)34-2)11-35-25(19(12)20)38-26-23(22(32)21(31)17(10-27)36-26)37-18(30)8-5-13-3-6-14(28)7-4-13/h3-8,11-12,17,19-23,25-28,31-32H,9-10H2,1-2H3/b8-5-/t12-,17+,19+,20-,21+,22-,23+,25-,26-/m0/s1. The maximum Gasteiger partial charge on any atom is 0.337 e. The van der Waals surface area contributed by atoms with Gasteiger partial charge in [-0.25, -0.2) is 9.59 Å². The van der Waals surface area contributed by atoms with Crippen molar-refractivity contribution in [2.75, 3.05) is 13.7 Å². The van der Waals surface area contributed by atoms with Crippen LogP contribution in [-0.2, 0) is 38.1 Å². The second-order valence-electron chi connectivity index (χ2n) is 9.44. The Hall–Kier alpha value is -3.29. The van der Waals surface area contributed by atoms with E-state index >= 15 is 0 Å². The number of hydrogen-bond acceptors (Lipinski definition) is 12. The second kappa shape index (κ2) is 11.6. The molecular weight excluding hydrogens is 504 g/mol. The predicted octanol–water partition coefficient (Wildman–Crippen LogP) is 0.0273. The Bertz CT molecular complexity index is 1100. The van der Waals surface area contributed by atoms with Crippen molar-refractivity contribution in [1.82, 2.24) is 0 Å². The number of methoxy groups -OCH3 is 1. The third-order valence-electron chi connectivity index (χ3n) is 6.96. The monoisotopic (exact) mass is 534 g/mol. The normalized spacial score (nSPS) is 34.8. The van der Waals surface area contributed by atoms with Gasteiger partial charge < -0.3 is 44.1 Å². The minimum Gasteiger partial charge on any atom is -0.508 e. The molecule has 0 radical (unpaired) electrons. The molecule has 1 aliphatic carbocycles. The van der Waals surface area contributed by atoms with Gasteiger partial charge in [0.2, 0.25) is 12.6 Å². The topological polar surface area (TPSA) is 178 Å². The number of carbonyl (C=O) groups is 3. The molecular formula is C26H30O12. The number of aliphatic hydroxyl groups excluding tert-OH is 3.